The van der Waals surface area contributed by atoms with E-state index < -0.39 is 92.7 Å². The Morgan fingerprint density at radius 2 is 0.857 bits per heavy atom. The predicted octanol–water partition coefficient (Wildman–Crippen LogP) is 8.71. The maximum Gasteiger partial charge on any atom is 0.306 e. The number of hydrogen-bond donors (Lipinski definition) is 7. The molecule has 4 unspecified atom stereocenters. The number of unbranched alkanes of at least 4 members (excludes halogenated alkanes) is 28. The summed E-state index contributed by atoms with van der Waals surface area (Å²) in [5.41, 5.74) is 3.29. The van der Waals surface area contributed by atoms with Crippen LogP contribution in [0.5, 0.6) is 0 Å². The molecule has 0 aromatic rings. The lowest BCUT2D eigenvalue weighted by Crippen LogP contribution is -2.61. The number of aliphatic hydroxyl groups excluding tert-OH is 7. The lowest BCUT2D eigenvalue weighted by atomic mass is 9.98. The van der Waals surface area contributed by atoms with Crippen molar-refractivity contribution in [3.8, 4) is 0 Å². The Hall–Kier alpha value is -1.98. The van der Waals surface area contributed by atoms with Gasteiger partial charge in [0, 0.05) is 12.8 Å². The SMILES string of the molecule is CCCCCCCC=C=CCCCCCCCC(=O)OC[C@H](CO[C@H]1O[C@@H](CO[C@H]2O[C@@H](CO)[C@@H](O)C(O)C2O)[C@@H](O)C(O)C1O)OC(=O)CCCCCCCCCCCCCCCCCCCCC. The number of allylic oxidation sites excluding steroid dienone is 1. The van der Waals surface area contributed by atoms with Crippen molar-refractivity contribution in [2.75, 3.05) is 26.4 Å². The first kappa shape index (κ1) is 64.1. The summed E-state index contributed by atoms with van der Waals surface area (Å²) in [6, 6.07) is 0. The van der Waals surface area contributed by atoms with Crippen LogP contribution in [0.15, 0.2) is 17.9 Å². The van der Waals surface area contributed by atoms with Gasteiger partial charge >= 0.3 is 11.9 Å². The van der Waals surface area contributed by atoms with Crippen LogP contribution < -0.4 is 0 Å². The average Bonchev–Trinajstić information content (AvgIpc) is 3.35. The Labute approximate surface area is 422 Å². The molecular formula is C55H100O15. The molecule has 410 valence electrons. The van der Waals surface area contributed by atoms with E-state index in [2.05, 4.69) is 31.7 Å². The predicted molar refractivity (Wildman–Crippen MR) is 270 cm³/mol. The molecule has 15 nitrogen and oxygen atoms in total. The Morgan fingerprint density at radius 3 is 1.31 bits per heavy atom. The molecule has 0 aromatic heterocycles. The van der Waals surface area contributed by atoms with Crippen LogP contribution in [0.3, 0.4) is 0 Å². The Morgan fingerprint density at radius 1 is 0.471 bits per heavy atom. The van der Waals surface area contributed by atoms with E-state index in [0.717, 1.165) is 57.8 Å². The molecule has 0 aliphatic carbocycles. The molecule has 0 aromatic carbocycles. The second-order valence-electron chi connectivity index (χ2n) is 19.9. The van der Waals surface area contributed by atoms with Crippen molar-refractivity contribution in [1.29, 1.82) is 0 Å². The average molecular weight is 1000 g/mol. The van der Waals surface area contributed by atoms with Crippen LogP contribution in [0.1, 0.15) is 226 Å². The minimum absolute atomic E-state index is 0.166. The lowest BCUT2D eigenvalue weighted by molar-refractivity contribution is -0.332. The molecule has 2 saturated heterocycles. The fourth-order valence-electron chi connectivity index (χ4n) is 8.90. The summed E-state index contributed by atoms with van der Waals surface area (Å²) in [6.45, 7) is 2.59. The highest BCUT2D eigenvalue weighted by Crippen LogP contribution is 2.27. The highest BCUT2D eigenvalue weighted by Gasteiger charge is 2.47. The molecule has 0 amide bonds. The van der Waals surface area contributed by atoms with E-state index in [0.29, 0.717) is 12.8 Å². The molecule has 2 rings (SSSR count). The summed E-state index contributed by atoms with van der Waals surface area (Å²) < 4.78 is 33.6. The van der Waals surface area contributed by atoms with E-state index in [1.807, 2.05) is 0 Å². The van der Waals surface area contributed by atoms with Crippen molar-refractivity contribution in [2.24, 2.45) is 0 Å². The van der Waals surface area contributed by atoms with Crippen LogP contribution in [0.25, 0.3) is 0 Å². The number of esters is 2. The highest BCUT2D eigenvalue weighted by molar-refractivity contribution is 5.70. The van der Waals surface area contributed by atoms with E-state index in [1.54, 1.807) is 0 Å². The summed E-state index contributed by atoms with van der Waals surface area (Å²) in [6.07, 6.45) is 24.4. The molecule has 0 radical (unpaired) electrons. The van der Waals surface area contributed by atoms with Crippen LogP contribution in [0.2, 0.25) is 0 Å². The van der Waals surface area contributed by atoms with E-state index in [4.69, 9.17) is 28.4 Å². The van der Waals surface area contributed by atoms with Gasteiger partial charge in [-0.05, 0) is 50.7 Å². The zero-order valence-corrected chi connectivity index (χ0v) is 43.6. The van der Waals surface area contributed by atoms with Gasteiger partial charge in [-0.15, -0.1) is 5.73 Å². The largest absolute Gasteiger partial charge is 0.462 e. The van der Waals surface area contributed by atoms with E-state index in [9.17, 15) is 45.3 Å². The molecule has 0 spiro atoms. The lowest BCUT2D eigenvalue weighted by Gasteiger charge is -2.42. The van der Waals surface area contributed by atoms with Gasteiger partial charge < -0.3 is 64.2 Å². The first-order valence-electron chi connectivity index (χ1n) is 28.0. The number of carbonyl (C=O) groups excluding carboxylic acids is 2. The monoisotopic (exact) mass is 1000 g/mol. The second kappa shape index (κ2) is 42.4. The number of aliphatic hydroxyl groups is 7. The van der Waals surface area contributed by atoms with Gasteiger partial charge in [0.1, 0.15) is 55.4 Å². The van der Waals surface area contributed by atoms with Gasteiger partial charge in [-0.3, -0.25) is 9.59 Å². The van der Waals surface area contributed by atoms with Gasteiger partial charge in [-0.25, -0.2) is 0 Å². The molecule has 11 atom stereocenters. The zero-order chi connectivity index (χ0) is 51.0. The second-order valence-corrected chi connectivity index (χ2v) is 19.9. The fraction of sp³-hybridized carbons (Fsp3) is 0.909. The maximum atomic E-state index is 13.0. The van der Waals surface area contributed by atoms with Crippen molar-refractivity contribution in [2.45, 2.75) is 293 Å². The summed E-state index contributed by atoms with van der Waals surface area (Å²) in [7, 11) is 0. The molecule has 7 N–H and O–H groups in total. The van der Waals surface area contributed by atoms with E-state index >= 15 is 0 Å². The molecule has 2 aliphatic rings. The van der Waals surface area contributed by atoms with E-state index in [1.165, 1.54) is 128 Å². The summed E-state index contributed by atoms with van der Waals surface area (Å²) in [5, 5.41) is 72.2. The smallest absolute Gasteiger partial charge is 0.306 e. The summed E-state index contributed by atoms with van der Waals surface area (Å²) >= 11 is 0. The Balaban J connectivity index is 1.77. The van der Waals surface area contributed by atoms with Crippen LogP contribution in [-0.2, 0) is 38.0 Å². The van der Waals surface area contributed by atoms with Gasteiger partial charge in [0.25, 0.3) is 0 Å². The third kappa shape index (κ3) is 29.7. The molecule has 2 aliphatic heterocycles. The molecule has 15 heteroatoms. The maximum absolute atomic E-state index is 13.0. The number of ether oxygens (including phenoxy) is 6. The number of hydrogen-bond acceptors (Lipinski definition) is 15. The first-order chi connectivity index (χ1) is 34.0. The normalized spacial score (nSPS) is 25.0. The molecular weight excluding hydrogens is 901 g/mol. The fourth-order valence-corrected chi connectivity index (χ4v) is 8.90. The van der Waals surface area contributed by atoms with Crippen LogP contribution in [0, 0.1) is 0 Å². The molecule has 0 saturated carbocycles. The Kier molecular flexibility index (Phi) is 38.8. The summed E-state index contributed by atoms with van der Waals surface area (Å²) in [4.78, 5) is 25.8. The van der Waals surface area contributed by atoms with Crippen molar-refractivity contribution in [1.82, 2.24) is 0 Å². The molecule has 2 fully saturated rings. The third-order valence-corrected chi connectivity index (χ3v) is 13.5. The zero-order valence-electron chi connectivity index (χ0n) is 43.6. The topological polar surface area (TPSA) is 231 Å². The van der Waals surface area contributed by atoms with Gasteiger partial charge in [0.15, 0.2) is 18.7 Å². The van der Waals surface area contributed by atoms with E-state index in [-0.39, 0.29) is 26.1 Å². The third-order valence-electron chi connectivity index (χ3n) is 13.5. The van der Waals surface area contributed by atoms with Crippen molar-refractivity contribution < 1.29 is 73.8 Å². The Bertz CT molecular complexity index is 1330. The van der Waals surface area contributed by atoms with Crippen LogP contribution >= 0.6 is 0 Å². The summed E-state index contributed by atoms with van der Waals surface area (Å²) in [5.74, 6) is -0.934. The van der Waals surface area contributed by atoms with Crippen molar-refractivity contribution >= 4 is 11.9 Å². The quantitative estimate of drug-likeness (QED) is 0.0172. The van der Waals surface area contributed by atoms with Gasteiger partial charge in [0.2, 0.25) is 0 Å². The van der Waals surface area contributed by atoms with Gasteiger partial charge in [-0.1, -0.05) is 174 Å². The number of carbonyl (C=O) groups is 2. The standard InChI is InChI=1S/C55H100O15/c1-3-5-7-9-11-13-15-17-19-20-21-22-24-26-28-30-32-34-36-38-47(58)68-43(40-65-46(57)37-35-33-31-29-27-25-23-18-16-14-12-10-8-6-4-2)41-66-54-53(64)51(62)49(60)45(70-54)42-67-55-52(63)50(61)48(59)44(39-56)69-55/h16,23,43-45,48-56,59-64H,3-15,17,19-22,24-42H2,1-2H3/t18?,43-,44+,45+,48-,49-,50?,51?,52?,53?,54+,55+/m1/s1. The molecule has 0 bridgehead atoms. The van der Waals surface area contributed by atoms with Gasteiger partial charge in [0.05, 0.1) is 19.8 Å². The van der Waals surface area contributed by atoms with Crippen LogP contribution in [-0.4, -0.2) is 142 Å². The molecule has 70 heavy (non-hydrogen) atoms. The first-order valence-corrected chi connectivity index (χ1v) is 28.0. The van der Waals surface area contributed by atoms with Crippen molar-refractivity contribution in [3.05, 3.63) is 17.9 Å². The van der Waals surface area contributed by atoms with Gasteiger partial charge in [-0.2, -0.15) is 0 Å². The van der Waals surface area contributed by atoms with Crippen molar-refractivity contribution in [3.63, 3.8) is 0 Å². The minimum atomic E-state index is -1.77. The number of rotatable bonds is 44. The minimum Gasteiger partial charge on any atom is -0.462 e. The highest BCUT2D eigenvalue weighted by atomic mass is 16.7. The molecule has 2 heterocycles. The van der Waals surface area contributed by atoms with Crippen LogP contribution in [0.4, 0.5) is 0 Å².